The fourth-order valence-electron chi connectivity index (χ4n) is 1.10. The van der Waals surface area contributed by atoms with Crippen molar-refractivity contribution in [1.29, 1.82) is 0 Å². The van der Waals surface area contributed by atoms with E-state index < -0.39 is 0 Å². The lowest BCUT2D eigenvalue weighted by atomic mass is 10.3. The van der Waals surface area contributed by atoms with E-state index in [0.29, 0.717) is 10.7 Å². The summed E-state index contributed by atoms with van der Waals surface area (Å²) < 4.78 is 0. The number of halogens is 1. The van der Waals surface area contributed by atoms with Crippen molar-refractivity contribution in [2.45, 2.75) is 6.92 Å². The fourth-order valence-corrected chi connectivity index (χ4v) is 1.23. The number of rotatable bonds is 1. The standard InChI is InChI=1S/C9H8ClN3O/c1-6-9(14)12-13(11-6)8-4-2-7(10)3-5-8/h2-5H,1H3,(H,12,14). The van der Waals surface area contributed by atoms with Gasteiger partial charge in [0, 0.05) is 5.02 Å². The van der Waals surface area contributed by atoms with E-state index in [2.05, 4.69) is 10.2 Å². The van der Waals surface area contributed by atoms with Crippen LogP contribution in [0, 0.1) is 6.92 Å². The van der Waals surface area contributed by atoms with E-state index in [4.69, 9.17) is 11.6 Å². The molecule has 1 aromatic heterocycles. The van der Waals surface area contributed by atoms with Crippen LogP contribution in [-0.2, 0) is 0 Å². The Morgan fingerprint density at radius 1 is 1.36 bits per heavy atom. The molecule has 0 aliphatic rings. The van der Waals surface area contributed by atoms with Crippen molar-refractivity contribution in [2.75, 3.05) is 0 Å². The molecule has 0 aliphatic carbocycles. The number of aryl methyl sites for hydroxylation is 1. The highest BCUT2D eigenvalue weighted by Crippen LogP contribution is 2.11. The molecular formula is C9H8ClN3O. The summed E-state index contributed by atoms with van der Waals surface area (Å²) in [6, 6.07) is 7.05. The van der Waals surface area contributed by atoms with Crippen LogP contribution in [0.25, 0.3) is 5.69 Å². The van der Waals surface area contributed by atoms with Gasteiger partial charge in [-0.3, -0.25) is 4.79 Å². The minimum atomic E-state index is -0.181. The van der Waals surface area contributed by atoms with Crippen molar-refractivity contribution in [3.8, 4) is 5.69 Å². The molecule has 0 radical (unpaired) electrons. The highest BCUT2D eigenvalue weighted by molar-refractivity contribution is 6.30. The normalized spacial score (nSPS) is 10.4. The van der Waals surface area contributed by atoms with E-state index in [9.17, 15) is 4.79 Å². The van der Waals surface area contributed by atoms with Gasteiger partial charge in [-0.25, -0.2) is 5.10 Å². The minimum Gasteiger partial charge on any atom is -0.266 e. The van der Waals surface area contributed by atoms with Crippen LogP contribution in [0.1, 0.15) is 5.69 Å². The maximum atomic E-state index is 11.1. The van der Waals surface area contributed by atoms with Gasteiger partial charge < -0.3 is 0 Å². The molecule has 0 amide bonds. The average molecular weight is 210 g/mol. The van der Waals surface area contributed by atoms with Gasteiger partial charge in [0.1, 0.15) is 5.69 Å². The van der Waals surface area contributed by atoms with Gasteiger partial charge in [0.05, 0.1) is 5.69 Å². The molecule has 5 heteroatoms. The first kappa shape index (κ1) is 9.02. The lowest BCUT2D eigenvalue weighted by molar-refractivity contribution is 0.741. The predicted octanol–water partition coefficient (Wildman–Crippen LogP) is 1.52. The monoisotopic (exact) mass is 209 g/mol. The molecule has 4 nitrogen and oxygen atoms in total. The summed E-state index contributed by atoms with van der Waals surface area (Å²) in [6.45, 7) is 1.66. The zero-order chi connectivity index (χ0) is 10.1. The quantitative estimate of drug-likeness (QED) is 0.774. The van der Waals surface area contributed by atoms with E-state index in [0.717, 1.165) is 5.69 Å². The van der Waals surface area contributed by atoms with Gasteiger partial charge in [0.15, 0.2) is 0 Å². The van der Waals surface area contributed by atoms with Gasteiger partial charge in [-0.1, -0.05) is 11.6 Å². The summed E-state index contributed by atoms with van der Waals surface area (Å²) in [7, 11) is 0. The maximum absolute atomic E-state index is 11.1. The number of aromatic nitrogens is 3. The summed E-state index contributed by atoms with van der Waals surface area (Å²) in [4.78, 5) is 12.5. The molecule has 72 valence electrons. The number of hydrogen-bond acceptors (Lipinski definition) is 2. The molecular weight excluding hydrogens is 202 g/mol. The third kappa shape index (κ3) is 1.56. The van der Waals surface area contributed by atoms with E-state index in [1.54, 1.807) is 31.2 Å². The van der Waals surface area contributed by atoms with Crippen LogP contribution in [0.3, 0.4) is 0 Å². The molecule has 0 spiro atoms. The highest BCUT2D eigenvalue weighted by Gasteiger charge is 2.01. The number of benzene rings is 1. The molecule has 0 fully saturated rings. The first-order valence-electron chi connectivity index (χ1n) is 4.09. The number of aromatic amines is 1. The minimum absolute atomic E-state index is 0.181. The SMILES string of the molecule is Cc1nn(-c2ccc(Cl)cc2)[nH]c1=O. The van der Waals surface area contributed by atoms with E-state index >= 15 is 0 Å². The van der Waals surface area contributed by atoms with Gasteiger partial charge in [0.25, 0.3) is 5.56 Å². The van der Waals surface area contributed by atoms with Crippen molar-refractivity contribution in [1.82, 2.24) is 15.0 Å². The highest BCUT2D eigenvalue weighted by atomic mass is 35.5. The Hall–Kier alpha value is -1.55. The molecule has 0 unspecified atom stereocenters. The Bertz CT molecular complexity index is 498. The van der Waals surface area contributed by atoms with Crippen molar-refractivity contribution >= 4 is 11.6 Å². The second kappa shape index (κ2) is 3.31. The lowest BCUT2D eigenvalue weighted by Crippen LogP contribution is -2.05. The van der Waals surface area contributed by atoms with Crippen molar-refractivity contribution in [2.24, 2.45) is 0 Å². The summed E-state index contributed by atoms with van der Waals surface area (Å²) >= 11 is 5.73. The first-order valence-corrected chi connectivity index (χ1v) is 4.46. The summed E-state index contributed by atoms with van der Waals surface area (Å²) in [6.07, 6.45) is 0. The second-order valence-corrected chi connectivity index (χ2v) is 3.35. The smallest absolute Gasteiger partial charge is 0.266 e. The maximum Gasteiger partial charge on any atom is 0.287 e. The summed E-state index contributed by atoms with van der Waals surface area (Å²) in [5.41, 5.74) is 1.04. The molecule has 0 atom stereocenters. The number of hydrogen-bond donors (Lipinski definition) is 1. The van der Waals surface area contributed by atoms with Crippen LogP contribution in [0.15, 0.2) is 29.1 Å². The van der Waals surface area contributed by atoms with Crippen LogP contribution < -0.4 is 5.56 Å². The van der Waals surface area contributed by atoms with E-state index in [1.807, 2.05) is 0 Å². The van der Waals surface area contributed by atoms with E-state index in [-0.39, 0.29) is 5.56 Å². The molecule has 1 heterocycles. The third-order valence-corrected chi connectivity index (χ3v) is 2.11. The Labute approximate surface area is 85.1 Å². The first-order chi connectivity index (χ1) is 6.66. The molecule has 0 bridgehead atoms. The Morgan fingerprint density at radius 3 is 2.50 bits per heavy atom. The summed E-state index contributed by atoms with van der Waals surface area (Å²) in [5, 5.41) is 7.26. The Kier molecular flexibility index (Phi) is 2.13. The molecule has 2 rings (SSSR count). The molecule has 2 aromatic rings. The van der Waals surface area contributed by atoms with Gasteiger partial charge in [-0.05, 0) is 31.2 Å². The molecule has 0 saturated heterocycles. The van der Waals surface area contributed by atoms with Crippen molar-refractivity contribution in [3.05, 3.63) is 45.3 Å². The molecule has 1 N–H and O–H groups in total. The average Bonchev–Trinajstić information content (AvgIpc) is 2.48. The topological polar surface area (TPSA) is 50.7 Å². The fraction of sp³-hybridized carbons (Fsp3) is 0.111. The van der Waals surface area contributed by atoms with Gasteiger partial charge in [-0.2, -0.15) is 9.90 Å². The number of H-pyrrole nitrogens is 1. The largest absolute Gasteiger partial charge is 0.287 e. The molecule has 0 aliphatic heterocycles. The zero-order valence-corrected chi connectivity index (χ0v) is 8.25. The molecule has 1 aromatic carbocycles. The van der Waals surface area contributed by atoms with Gasteiger partial charge in [0.2, 0.25) is 0 Å². The van der Waals surface area contributed by atoms with E-state index in [1.165, 1.54) is 4.80 Å². The predicted molar refractivity (Wildman–Crippen MR) is 53.9 cm³/mol. The van der Waals surface area contributed by atoms with Crippen molar-refractivity contribution < 1.29 is 0 Å². The van der Waals surface area contributed by atoms with Crippen LogP contribution >= 0.6 is 11.6 Å². The molecule has 14 heavy (non-hydrogen) atoms. The third-order valence-electron chi connectivity index (χ3n) is 1.86. The Balaban J connectivity index is 2.49. The summed E-state index contributed by atoms with van der Waals surface area (Å²) in [5.74, 6) is 0. The molecule has 0 saturated carbocycles. The van der Waals surface area contributed by atoms with Crippen LogP contribution in [0.4, 0.5) is 0 Å². The van der Waals surface area contributed by atoms with Crippen LogP contribution in [-0.4, -0.2) is 15.0 Å². The zero-order valence-electron chi connectivity index (χ0n) is 7.49. The van der Waals surface area contributed by atoms with Crippen LogP contribution in [0.5, 0.6) is 0 Å². The second-order valence-electron chi connectivity index (χ2n) is 2.91. The Morgan fingerprint density at radius 2 is 2.00 bits per heavy atom. The number of nitrogens with zero attached hydrogens (tertiary/aromatic N) is 2. The van der Waals surface area contributed by atoms with Crippen molar-refractivity contribution in [3.63, 3.8) is 0 Å². The van der Waals surface area contributed by atoms with Crippen LogP contribution in [0.2, 0.25) is 5.02 Å². The van der Waals surface area contributed by atoms with Gasteiger partial charge in [-0.15, -0.1) is 0 Å². The van der Waals surface area contributed by atoms with Gasteiger partial charge >= 0.3 is 0 Å². The number of nitrogens with one attached hydrogen (secondary N) is 1. The lowest BCUT2D eigenvalue weighted by Gasteiger charge is -1.98.